The number of aromatic nitrogens is 1. The zero-order valence-corrected chi connectivity index (χ0v) is 13.0. The Bertz CT molecular complexity index is 873. The van der Waals surface area contributed by atoms with Crippen LogP contribution in [0.4, 0.5) is 8.78 Å². The molecule has 2 aromatic carbocycles. The second-order valence-electron chi connectivity index (χ2n) is 5.84. The molecule has 0 bridgehead atoms. The predicted molar refractivity (Wildman–Crippen MR) is 85.5 cm³/mol. The van der Waals surface area contributed by atoms with Gasteiger partial charge in [-0.05, 0) is 24.3 Å². The maximum absolute atomic E-state index is 13.5. The number of nitrogens with zero attached hydrogens (tertiary/aromatic N) is 2. The Kier molecular flexibility index (Phi) is 4.00. The number of ether oxygens (including phenoxy) is 1. The Hall–Kier alpha value is -2.31. The number of halogens is 2. The van der Waals surface area contributed by atoms with Crippen molar-refractivity contribution < 1.29 is 18.0 Å². The Morgan fingerprint density at radius 1 is 1.04 bits per heavy atom. The van der Waals surface area contributed by atoms with Gasteiger partial charge in [-0.25, -0.2) is 8.78 Å². The van der Waals surface area contributed by atoms with Gasteiger partial charge in [0.1, 0.15) is 5.69 Å². The van der Waals surface area contributed by atoms with Gasteiger partial charge in [-0.3, -0.25) is 4.90 Å². The van der Waals surface area contributed by atoms with Crippen molar-refractivity contribution in [2.24, 2.45) is 0 Å². The third-order valence-corrected chi connectivity index (χ3v) is 4.27. The summed E-state index contributed by atoms with van der Waals surface area (Å²) in [5.74, 6) is -1.77. The largest absolute Gasteiger partial charge is 0.379 e. The molecule has 6 heteroatoms. The van der Waals surface area contributed by atoms with Crippen LogP contribution in [0.5, 0.6) is 0 Å². The second kappa shape index (κ2) is 6.30. The van der Waals surface area contributed by atoms with E-state index in [0.29, 0.717) is 16.8 Å². The Morgan fingerprint density at radius 3 is 2.67 bits per heavy atom. The first-order valence-corrected chi connectivity index (χ1v) is 7.85. The summed E-state index contributed by atoms with van der Waals surface area (Å²) in [6.45, 7) is 3.95. The Labute approximate surface area is 137 Å². The highest BCUT2D eigenvalue weighted by Crippen LogP contribution is 2.31. The van der Waals surface area contributed by atoms with Gasteiger partial charge < -0.3 is 9.26 Å². The molecule has 0 radical (unpaired) electrons. The molecule has 0 unspecified atom stereocenters. The van der Waals surface area contributed by atoms with E-state index in [-0.39, 0.29) is 0 Å². The molecule has 4 nitrogen and oxygen atoms in total. The molecule has 0 aliphatic carbocycles. The summed E-state index contributed by atoms with van der Waals surface area (Å²) in [6.07, 6.45) is 0. The van der Waals surface area contributed by atoms with Crippen LogP contribution in [0.25, 0.3) is 22.2 Å². The lowest BCUT2D eigenvalue weighted by Crippen LogP contribution is -2.35. The molecule has 1 aromatic heterocycles. The number of rotatable bonds is 3. The number of hydrogen-bond donors (Lipinski definition) is 0. The quantitative estimate of drug-likeness (QED) is 0.735. The van der Waals surface area contributed by atoms with Crippen molar-refractivity contribution in [3.05, 3.63) is 53.6 Å². The fourth-order valence-corrected chi connectivity index (χ4v) is 3.00. The van der Waals surface area contributed by atoms with E-state index in [4.69, 9.17) is 9.26 Å². The Balaban J connectivity index is 1.71. The molecule has 124 valence electrons. The summed E-state index contributed by atoms with van der Waals surface area (Å²) >= 11 is 0. The first kappa shape index (κ1) is 15.2. The maximum Gasteiger partial charge on any atom is 0.172 e. The number of benzene rings is 2. The average molecular weight is 330 g/mol. The van der Waals surface area contributed by atoms with Gasteiger partial charge in [0, 0.05) is 30.8 Å². The molecule has 0 amide bonds. The van der Waals surface area contributed by atoms with Gasteiger partial charge >= 0.3 is 0 Å². The summed E-state index contributed by atoms with van der Waals surface area (Å²) < 4.78 is 37.5. The summed E-state index contributed by atoms with van der Waals surface area (Å²) in [4.78, 5) is 2.29. The normalized spacial score (nSPS) is 15.9. The van der Waals surface area contributed by atoms with Crippen LogP contribution in [0.3, 0.4) is 0 Å². The molecule has 24 heavy (non-hydrogen) atoms. The lowest BCUT2D eigenvalue weighted by Gasteiger charge is -2.26. The highest BCUT2D eigenvalue weighted by molar-refractivity contribution is 5.93. The van der Waals surface area contributed by atoms with Gasteiger partial charge in [-0.15, -0.1) is 0 Å². The number of fused-ring (bicyclic) bond motifs is 1. The van der Waals surface area contributed by atoms with E-state index in [1.54, 1.807) is 0 Å². The van der Waals surface area contributed by atoms with Crippen LogP contribution >= 0.6 is 0 Å². The average Bonchev–Trinajstić information content (AvgIpc) is 3.03. The van der Waals surface area contributed by atoms with Crippen LogP contribution in [-0.2, 0) is 11.3 Å². The van der Waals surface area contributed by atoms with E-state index in [1.807, 2.05) is 18.2 Å². The summed E-state index contributed by atoms with van der Waals surface area (Å²) in [6, 6.07) is 9.55. The highest BCUT2D eigenvalue weighted by atomic mass is 19.2. The molecule has 1 aliphatic rings. The zero-order valence-electron chi connectivity index (χ0n) is 13.0. The smallest absolute Gasteiger partial charge is 0.172 e. The molecular formula is C18H16F2N2O2. The zero-order chi connectivity index (χ0) is 16.5. The highest BCUT2D eigenvalue weighted by Gasteiger charge is 2.17. The third-order valence-electron chi connectivity index (χ3n) is 4.27. The van der Waals surface area contributed by atoms with Crippen molar-refractivity contribution >= 4 is 11.0 Å². The van der Waals surface area contributed by atoms with Crippen molar-refractivity contribution in [2.75, 3.05) is 26.3 Å². The van der Waals surface area contributed by atoms with Crippen molar-refractivity contribution in [1.82, 2.24) is 10.1 Å². The molecule has 1 fully saturated rings. The third kappa shape index (κ3) is 2.79. The minimum absolute atomic E-state index is 0.496. The molecule has 0 atom stereocenters. The summed E-state index contributed by atoms with van der Waals surface area (Å²) in [7, 11) is 0. The molecule has 1 aliphatic heterocycles. The Morgan fingerprint density at radius 2 is 1.88 bits per heavy atom. The summed E-state index contributed by atoms with van der Waals surface area (Å²) in [5, 5.41) is 4.88. The fraction of sp³-hybridized carbons (Fsp3) is 0.278. The first-order valence-electron chi connectivity index (χ1n) is 7.85. The van der Waals surface area contributed by atoms with Crippen LogP contribution < -0.4 is 0 Å². The van der Waals surface area contributed by atoms with E-state index in [0.717, 1.165) is 55.9 Å². The van der Waals surface area contributed by atoms with Crippen LogP contribution in [0.2, 0.25) is 0 Å². The molecular weight excluding hydrogens is 314 g/mol. The summed E-state index contributed by atoms with van der Waals surface area (Å²) in [5.41, 5.74) is 2.73. The van der Waals surface area contributed by atoms with Crippen LogP contribution in [0.1, 0.15) is 5.56 Å². The van der Waals surface area contributed by atoms with E-state index >= 15 is 0 Å². The van der Waals surface area contributed by atoms with Crippen molar-refractivity contribution in [1.29, 1.82) is 0 Å². The van der Waals surface area contributed by atoms with E-state index in [2.05, 4.69) is 10.1 Å². The van der Waals surface area contributed by atoms with Gasteiger partial charge in [0.05, 0.1) is 18.6 Å². The maximum atomic E-state index is 13.5. The van der Waals surface area contributed by atoms with Gasteiger partial charge in [0.25, 0.3) is 0 Å². The molecule has 0 N–H and O–H groups in total. The molecule has 0 spiro atoms. The SMILES string of the molecule is Fc1ccc(-c2noc3c(CN4CCOCC4)cccc23)cc1F. The van der Waals surface area contributed by atoms with Crippen LogP contribution in [-0.4, -0.2) is 36.4 Å². The second-order valence-corrected chi connectivity index (χ2v) is 5.84. The molecule has 4 rings (SSSR count). The van der Waals surface area contributed by atoms with Crippen LogP contribution in [0.15, 0.2) is 40.9 Å². The molecule has 1 saturated heterocycles. The van der Waals surface area contributed by atoms with Gasteiger partial charge in [-0.2, -0.15) is 0 Å². The standard InChI is InChI=1S/C18H16F2N2O2/c19-15-5-4-12(10-16(15)20)17-14-3-1-2-13(18(14)24-21-17)11-22-6-8-23-9-7-22/h1-5,10H,6-9,11H2. The minimum Gasteiger partial charge on any atom is -0.379 e. The fourth-order valence-electron chi connectivity index (χ4n) is 3.00. The topological polar surface area (TPSA) is 38.5 Å². The molecule has 0 saturated carbocycles. The van der Waals surface area contributed by atoms with Crippen LogP contribution in [0, 0.1) is 11.6 Å². The number of para-hydroxylation sites is 1. The predicted octanol–water partition coefficient (Wildman–Crippen LogP) is 3.61. The lowest BCUT2D eigenvalue weighted by molar-refractivity contribution is 0.0342. The van der Waals surface area contributed by atoms with Gasteiger partial charge in [-0.1, -0.05) is 17.3 Å². The van der Waals surface area contributed by atoms with Crippen molar-refractivity contribution in [3.8, 4) is 11.3 Å². The molecule has 3 aromatic rings. The van der Waals surface area contributed by atoms with E-state index < -0.39 is 11.6 Å². The van der Waals surface area contributed by atoms with Gasteiger partial charge in [0.2, 0.25) is 0 Å². The van der Waals surface area contributed by atoms with Crippen molar-refractivity contribution in [3.63, 3.8) is 0 Å². The first-order chi connectivity index (χ1) is 11.7. The number of hydrogen-bond acceptors (Lipinski definition) is 4. The lowest BCUT2D eigenvalue weighted by atomic mass is 10.0. The number of morpholine rings is 1. The van der Waals surface area contributed by atoms with Crippen molar-refractivity contribution in [2.45, 2.75) is 6.54 Å². The van der Waals surface area contributed by atoms with E-state index in [1.165, 1.54) is 6.07 Å². The van der Waals surface area contributed by atoms with E-state index in [9.17, 15) is 8.78 Å². The molecule has 2 heterocycles. The minimum atomic E-state index is -0.895. The monoisotopic (exact) mass is 330 g/mol. The van der Waals surface area contributed by atoms with Gasteiger partial charge in [0.15, 0.2) is 17.2 Å².